The first-order valence-corrected chi connectivity index (χ1v) is 7.04. The Labute approximate surface area is 121 Å². The topological polar surface area (TPSA) is 42.2 Å². The Bertz CT molecular complexity index is 537. The van der Waals surface area contributed by atoms with Crippen LogP contribution in [0.25, 0.3) is 0 Å². The first-order chi connectivity index (χ1) is 9.16. The summed E-state index contributed by atoms with van der Waals surface area (Å²) >= 11 is 3.38. The number of hydrogen-bond acceptors (Lipinski definition) is 2. The Morgan fingerprint density at radius 1 is 1.32 bits per heavy atom. The third-order valence-corrected chi connectivity index (χ3v) is 3.59. The molecule has 0 fully saturated rings. The fourth-order valence-electron chi connectivity index (χ4n) is 1.83. The molecule has 3 nitrogen and oxygen atoms in total. The van der Waals surface area contributed by atoms with Gasteiger partial charge in [0.1, 0.15) is 5.76 Å². The van der Waals surface area contributed by atoms with E-state index in [0.717, 1.165) is 23.1 Å². The van der Waals surface area contributed by atoms with Gasteiger partial charge in [-0.1, -0.05) is 12.1 Å². The summed E-state index contributed by atoms with van der Waals surface area (Å²) in [5.41, 5.74) is 0.660. The van der Waals surface area contributed by atoms with E-state index in [-0.39, 0.29) is 11.9 Å². The predicted octanol–water partition coefficient (Wildman–Crippen LogP) is 3.79. The van der Waals surface area contributed by atoms with Gasteiger partial charge in [0.05, 0.1) is 11.8 Å². The van der Waals surface area contributed by atoms with Crippen LogP contribution in [0.2, 0.25) is 0 Å². The first-order valence-electron chi connectivity index (χ1n) is 6.24. The predicted molar refractivity (Wildman–Crippen MR) is 78.1 cm³/mol. The molecule has 0 saturated heterocycles. The molecule has 1 heterocycles. The van der Waals surface area contributed by atoms with Crippen LogP contribution < -0.4 is 5.32 Å². The lowest BCUT2D eigenvalue weighted by atomic mass is 10.1. The third kappa shape index (κ3) is 3.96. The Balaban J connectivity index is 1.87. The second-order valence-corrected chi connectivity index (χ2v) is 5.33. The summed E-state index contributed by atoms with van der Waals surface area (Å²) in [7, 11) is 0. The minimum Gasteiger partial charge on any atom is -0.469 e. The van der Waals surface area contributed by atoms with Gasteiger partial charge in [0, 0.05) is 16.9 Å². The normalized spacial score (nSPS) is 12.1. The fourth-order valence-corrected chi connectivity index (χ4v) is 2.30. The zero-order valence-corrected chi connectivity index (χ0v) is 12.3. The fraction of sp³-hybridized carbons (Fsp3) is 0.267. The number of carbonyl (C=O) groups excluding carboxylic acids is 1. The van der Waals surface area contributed by atoms with Gasteiger partial charge in [-0.15, -0.1) is 0 Å². The van der Waals surface area contributed by atoms with Crippen LogP contribution in [-0.2, 0) is 6.42 Å². The van der Waals surface area contributed by atoms with Gasteiger partial charge in [-0.2, -0.15) is 0 Å². The number of furan rings is 1. The molecule has 0 aliphatic carbocycles. The van der Waals surface area contributed by atoms with Gasteiger partial charge >= 0.3 is 0 Å². The molecule has 1 aromatic carbocycles. The Morgan fingerprint density at radius 2 is 2.11 bits per heavy atom. The molecule has 0 unspecified atom stereocenters. The van der Waals surface area contributed by atoms with Gasteiger partial charge in [-0.05, 0) is 53.5 Å². The van der Waals surface area contributed by atoms with E-state index in [1.54, 1.807) is 12.3 Å². The van der Waals surface area contributed by atoms with Crippen molar-refractivity contribution in [3.63, 3.8) is 0 Å². The van der Waals surface area contributed by atoms with Crippen molar-refractivity contribution in [3.8, 4) is 0 Å². The van der Waals surface area contributed by atoms with Gasteiger partial charge < -0.3 is 9.73 Å². The van der Waals surface area contributed by atoms with Gasteiger partial charge in [0.2, 0.25) is 0 Å². The van der Waals surface area contributed by atoms with E-state index in [1.165, 1.54) is 0 Å². The number of halogens is 1. The van der Waals surface area contributed by atoms with Crippen molar-refractivity contribution in [2.45, 2.75) is 25.8 Å². The molecule has 0 radical (unpaired) electrons. The zero-order chi connectivity index (χ0) is 13.7. The highest BCUT2D eigenvalue weighted by Crippen LogP contribution is 2.16. The molecule has 0 spiro atoms. The standard InChI is InChI=1S/C15H16BrNO2/c1-11(8-9-12-5-4-10-19-12)17-15(18)13-6-2-3-7-14(13)16/h2-7,10-11H,8-9H2,1H3,(H,17,18)/t11-/m0/s1. The molecule has 2 rings (SSSR count). The summed E-state index contributed by atoms with van der Waals surface area (Å²) < 4.78 is 6.08. The largest absolute Gasteiger partial charge is 0.469 e. The third-order valence-electron chi connectivity index (χ3n) is 2.90. The molecule has 0 saturated carbocycles. The monoisotopic (exact) mass is 321 g/mol. The number of rotatable bonds is 5. The number of carbonyl (C=O) groups is 1. The summed E-state index contributed by atoms with van der Waals surface area (Å²) in [6.07, 6.45) is 3.34. The van der Waals surface area contributed by atoms with Crippen molar-refractivity contribution >= 4 is 21.8 Å². The van der Waals surface area contributed by atoms with E-state index in [0.29, 0.717) is 5.56 Å². The van der Waals surface area contributed by atoms with Crippen LogP contribution in [0, 0.1) is 0 Å². The molecule has 1 amide bonds. The molecule has 1 N–H and O–H groups in total. The number of hydrogen-bond donors (Lipinski definition) is 1. The summed E-state index contributed by atoms with van der Waals surface area (Å²) in [5, 5.41) is 2.99. The lowest BCUT2D eigenvalue weighted by molar-refractivity contribution is 0.0937. The number of nitrogens with one attached hydrogen (secondary N) is 1. The maximum absolute atomic E-state index is 12.1. The van der Waals surface area contributed by atoms with Crippen LogP contribution in [0.15, 0.2) is 51.6 Å². The van der Waals surface area contributed by atoms with E-state index in [2.05, 4.69) is 21.2 Å². The van der Waals surface area contributed by atoms with Crippen molar-refractivity contribution in [2.24, 2.45) is 0 Å². The Morgan fingerprint density at radius 3 is 2.79 bits per heavy atom. The highest BCUT2D eigenvalue weighted by atomic mass is 79.9. The lowest BCUT2D eigenvalue weighted by Gasteiger charge is -2.13. The second kappa shape index (κ2) is 6.57. The van der Waals surface area contributed by atoms with Crippen LogP contribution in [-0.4, -0.2) is 11.9 Å². The molecule has 2 aromatic rings. The van der Waals surface area contributed by atoms with Crippen LogP contribution in [0.1, 0.15) is 29.5 Å². The van der Waals surface area contributed by atoms with Gasteiger partial charge in [-0.3, -0.25) is 4.79 Å². The lowest BCUT2D eigenvalue weighted by Crippen LogP contribution is -2.33. The molecule has 0 aliphatic heterocycles. The SMILES string of the molecule is C[C@@H](CCc1ccco1)NC(=O)c1ccccc1Br. The first kappa shape index (κ1) is 13.9. The highest BCUT2D eigenvalue weighted by Gasteiger charge is 2.12. The molecule has 1 atom stereocenters. The molecule has 4 heteroatoms. The van der Waals surface area contributed by atoms with E-state index in [4.69, 9.17) is 4.42 Å². The van der Waals surface area contributed by atoms with Crippen LogP contribution in [0.3, 0.4) is 0 Å². The minimum atomic E-state index is -0.0561. The minimum absolute atomic E-state index is 0.0561. The summed E-state index contributed by atoms with van der Waals surface area (Å²) in [6.45, 7) is 2.00. The van der Waals surface area contributed by atoms with Crippen LogP contribution >= 0.6 is 15.9 Å². The van der Waals surface area contributed by atoms with E-state index < -0.39 is 0 Å². The smallest absolute Gasteiger partial charge is 0.252 e. The highest BCUT2D eigenvalue weighted by molar-refractivity contribution is 9.10. The average Bonchev–Trinajstić information content (AvgIpc) is 2.90. The molecule has 0 aliphatic rings. The molecule has 19 heavy (non-hydrogen) atoms. The summed E-state index contributed by atoms with van der Waals surface area (Å²) in [5.74, 6) is 0.890. The number of aryl methyl sites for hydroxylation is 1. The molecule has 1 aromatic heterocycles. The van der Waals surface area contributed by atoms with Crippen LogP contribution in [0.4, 0.5) is 0 Å². The number of amides is 1. The van der Waals surface area contributed by atoms with Crippen molar-refractivity contribution < 1.29 is 9.21 Å². The molecule has 100 valence electrons. The van der Waals surface area contributed by atoms with Crippen molar-refractivity contribution in [1.29, 1.82) is 0 Å². The Kier molecular flexibility index (Phi) is 4.80. The summed E-state index contributed by atoms with van der Waals surface area (Å²) in [4.78, 5) is 12.1. The average molecular weight is 322 g/mol. The quantitative estimate of drug-likeness (QED) is 0.910. The van der Waals surface area contributed by atoms with Crippen molar-refractivity contribution in [3.05, 3.63) is 58.5 Å². The van der Waals surface area contributed by atoms with E-state index in [9.17, 15) is 4.79 Å². The Hall–Kier alpha value is -1.55. The second-order valence-electron chi connectivity index (χ2n) is 4.47. The molecular weight excluding hydrogens is 306 g/mol. The summed E-state index contributed by atoms with van der Waals surface area (Å²) in [6, 6.07) is 11.3. The van der Waals surface area contributed by atoms with Gasteiger partial charge in [0.15, 0.2) is 0 Å². The zero-order valence-electron chi connectivity index (χ0n) is 10.7. The molecule has 0 bridgehead atoms. The van der Waals surface area contributed by atoms with E-state index >= 15 is 0 Å². The van der Waals surface area contributed by atoms with Gasteiger partial charge in [-0.25, -0.2) is 0 Å². The number of benzene rings is 1. The van der Waals surface area contributed by atoms with Crippen molar-refractivity contribution in [1.82, 2.24) is 5.32 Å². The molecular formula is C15H16BrNO2. The van der Waals surface area contributed by atoms with E-state index in [1.807, 2.05) is 37.3 Å². The van der Waals surface area contributed by atoms with Crippen LogP contribution in [0.5, 0.6) is 0 Å². The maximum Gasteiger partial charge on any atom is 0.252 e. The van der Waals surface area contributed by atoms with Crippen molar-refractivity contribution in [2.75, 3.05) is 0 Å². The van der Waals surface area contributed by atoms with Gasteiger partial charge in [0.25, 0.3) is 5.91 Å². The maximum atomic E-state index is 12.1.